The molecule has 0 rings (SSSR count). The smallest absolute Gasteiger partial charge is 0.0504 e. The van der Waals surface area contributed by atoms with Gasteiger partial charge >= 0.3 is 0 Å². The van der Waals surface area contributed by atoms with Crippen molar-refractivity contribution < 1.29 is 0 Å². The Morgan fingerprint density at radius 1 is 0.429 bits per heavy atom. The van der Waals surface area contributed by atoms with Gasteiger partial charge in [-0.3, -0.25) is 0 Å². The summed E-state index contributed by atoms with van der Waals surface area (Å²) in [7, 11) is -0.899. The third-order valence-corrected chi connectivity index (χ3v) is 9.83. The lowest BCUT2D eigenvalue weighted by Gasteiger charge is -2.28. The van der Waals surface area contributed by atoms with Gasteiger partial charge in [0, 0.05) is 0 Å². The topological polar surface area (TPSA) is 0 Å². The maximum Gasteiger partial charge on any atom is 0.0504 e. The second-order valence-corrected chi connectivity index (χ2v) is 12.7. The summed E-state index contributed by atoms with van der Waals surface area (Å²) in [4.78, 5) is 0. The summed E-state index contributed by atoms with van der Waals surface area (Å²) >= 11 is 0. The monoisotopic (exact) mass is 312 g/mol. The van der Waals surface area contributed by atoms with E-state index in [4.69, 9.17) is 0 Å². The van der Waals surface area contributed by atoms with Crippen molar-refractivity contribution in [1.29, 1.82) is 0 Å². The van der Waals surface area contributed by atoms with Crippen molar-refractivity contribution in [1.82, 2.24) is 0 Å². The van der Waals surface area contributed by atoms with E-state index in [0.717, 1.165) is 0 Å². The van der Waals surface area contributed by atoms with Crippen LogP contribution in [0.1, 0.15) is 104 Å². The molecule has 1 heteroatoms. The molecule has 0 aliphatic carbocycles. The standard InChI is InChI=1S/C20H44Si/c1-5-8-11-13-15-17-20-21(4,18-10-7-3)19-16-14-12-9-6-2/h5-20H2,1-4H3. The zero-order valence-corrected chi connectivity index (χ0v) is 16.8. The molecule has 0 saturated heterocycles. The van der Waals surface area contributed by atoms with Crippen LogP contribution < -0.4 is 0 Å². The Hall–Kier alpha value is 0.217. The maximum absolute atomic E-state index is 2.72. The van der Waals surface area contributed by atoms with Crippen LogP contribution in [0.15, 0.2) is 0 Å². The molecule has 0 bridgehead atoms. The summed E-state index contributed by atoms with van der Waals surface area (Å²) in [5.74, 6) is 0. The van der Waals surface area contributed by atoms with Crippen molar-refractivity contribution in [2.45, 2.75) is 129 Å². The Bertz CT molecular complexity index is 202. The first kappa shape index (κ1) is 21.2. The van der Waals surface area contributed by atoms with E-state index in [-0.39, 0.29) is 0 Å². The van der Waals surface area contributed by atoms with E-state index in [9.17, 15) is 0 Å². The van der Waals surface area contributed by atoms with Crippen LogP contribution in [0.4, 0.5) is 0 Å². The van der Waals surface area contributed by atoms with Gasteiger partial charge in [0.2, 0.25) is 0 Å². The molecule has 1 atom stereocenters. The minimum atomic E-state index is -0.899. The number of hydrogen-bond donors (Lipinski definition) is 0. The largest absolute Gasteiger partial charge is 0.0691 e. The lowest BCUT2D eigenvalue weighted by molar-refractivity contribution is 0.618. The molecule has 0 heterocycles. The maximum atomic E-state index is 2.72. The van der Waals surface area contributed by atoms with Crippen molar-refractivity contribution >= 4 is 8.07 Å². The van der Waals surface area contributed by atoms with Gasteiger partial charge in [0.05, 0.1) is 8.07 Å². The van der Waals surface area contributed by atoms with Crippen molar-refractivity contribution in [3.05, 3.63) is 0 Å². The number of rotatable bonds is 16. The van der Waals surface area contributed by atoms with Gasteiger partial charge < -0.3 is 0 Å². The highest BCUT2D eigenvalue weighted by molar-refractivity contribution is 6.78. The first-order chi connectivity index (χ1) is 10.2. The van der Waals surface area contributed by atoms with Crippen LogP contribution >= 0.6 is 0 Å². The zero-order valence-electron chi connectivity index (χ0n) is 15.8. The molecule has 0 amide bonds. The fourth-order valence-electron chi connectivity index (χ4n) is 3.47. The highest BCUT2D eigenvalue weighted by Gasteiger charge is 2.24. The van der Waals surface area contributed by atoms with E-state index in [1.165, 1.54) is 83.5 Å². The molecular weight excluding hydrogens is 268 g/mol. The van der Waals surface area contributed by atoms with E-state index < -0.39 is 8.07 Å². The zero-order chi connectivity index (χ0) is 15.8. The average molecular weight is 313 g/mol. The first-order valence-corrected chi connectivity index (χ1v) is 13.3. The average Bonchev–Trinajstić information content (AvgIpc) is 2.49. The quantitative estimate of drug-likeness (QED) is 0.199. The molecule has 21 heavy (non-hydrogen) atoms. The summed E-state index contributed by atoms with van der Waals surface area (Å²) in [6.45, 7) is 9.71. The molecule has 0 aromatic rings. The van der Waals surface area contributed by atoms with Gasteiger partial charge in [-0.05, 0) is 0 Å². The van der Waals surface area contributed by atoms with Gasteiger partial charge in [0.1, 0.15) is 0 Å². The SMILES string of the molecule is CCCCCCCC[Si](C)(CCCC)CCCCCCC. The molecule has 128 valence electrons. The fraction of sp³-hybridized carbons (Fsp3) is 1.00. The molecule has 0 fully saturated rings. The van der Waals surface area contributed by atoms with Gasteiger partial charge in [-0.15, -0.1) is 0 Å². The molecular formula is C20H44Si. The predicted molar refractivity (Wildman–Crippen MR) is 103 cm³/mol. The van der Waals surface area contributed by atoms with Crippen molar-refractivity contribution in [2.75, 3.05) is 0 Å². The van der Waals surface area contributed by atoms with Crippen molar-refractivity contribution in [3.8, 4) is 0 Å². The molecule has 0 aliphatic rings. The van der Waals surface area contributed by atoms with Gasteiger partial charge in [-0.1, -0.05) is 129 Å². The summed E-state index contributed by atoms with van der Waals surface area (Å²) in [6.07, 6.45) is 19.0. The minimum absolute atomic E-state index is 0.899. The Balaban J connectivity index is 3.86. The lowest BCUT2D eigenvalue weighted by Crippen LogP contribution is -2.29. The summed E-state index contributed by atoms with van der Waals surface area (Å²) < 4.78 is 0. The van der Waals surface area contributed by atoms with Crippen molar-refractivity contribution in [3.63, 3.8) is 0 Å². The van der Waals surface area contributed by atoms with Crippen LogP contribution in [0, 0.1) is 0 Å². The van der Waals surface area contributed by atoms with Gasteiger partial charge in [-0.2, -0.15) is 0 Å². The molecule has 0 nitrogen and oxygen atoms in total. The van der Waals surface area contributed by atoms with Crippen LogP contribution in [-0.2, 0) is 0 Å². The van der Waals surface area contributed by atoms with Crippen LogP contribution in [-0.4, -0.2) is 8.07 Å². The van der Waals surface area contributed by atoms with E-state index in [2.05, 4.69) is 27.3 Å². The van der Waals surface area contributed by atoms with E-state index >= 15 is 0 Å². The third-order valence-electron chi connectivity index (χ3n) is 5.15. The van der Waals surface area contributed by atoms with E-state index in [1.807, 2.05) is 0 Å². The van der Waals surface area contributed by atoms with Crippen LogP contribution in [0.2, 0.25) is 24.7 Å². The fourth-order valence-corrected chi connectivity index (χ4v) is 7.63. The lowest BCUT2D eigenvalue weighted by atomic mass is 10.1. The Morgan fingerprint density at radius 2 is 0.762 bits per heavy atom. The first-order valence-electron chi connectivity index (χ1n) is 10.2. The van der Waals surface area contributed by atoms with Crippen LogP contribution in [0.3, 0.4) is 0 Å². The molecule has 0 saturated carbocycles. The Kier molecular flexibility index (Phi) is 15.3. The summed E-state index contributed by atoms with van der Waals surface area (Å²) in [5, 5.41) is 0. The van der Waals surface area contributed by atoms with Crippen LogP contribution in [0.25, 0.3) is 0 Å². The molecule has 0 aliphatic heterocycles. The summed E-state index contributed by atoms with van der Waals surface area (Å²) in [5.41, 5.74) is 0. The van der Waals surface area contributed by atoms with E-state index in [0.29, 0.717) is 0 Å². The Morgan fingerprint density at radius 3 is 1.19 bits per heavy atom. The third kappa shape index (κ3) is 13.6. The van der Waals surface area contributed by atoms with Gasteiger partial charge in [0.25, 0.3) is 0 Å². The molecule has 0 aromatic heterocycles. The van der Waals surface area contributed by atoms with Gasteiger partial charge in [-0.25, -0.2) is 0 Å². The molecule has 0 N–H and O–H groups in total. The highest BCUT2D eigenvalue weighted by atomic mass is 28.3. The van der Waals surface area contributed by atoms with Crippen molar-refractivity contribution in [2.24, 2.45) is 0 Å². The molecule has 0 radical (unpaired) electrons. The second kappa shape index (κ2) is 15.1. The second-order valence-electron chi connectivity index (χ2n) is 7.60. The van der Waals surface area contributed by atoms with E-state index in [1.54, 1.807) is 18.1 Å². The highest BCUT2D eigenvalue weighted by Crippen LogP contribution is 2.29. The minimum Gasteiger partial charge on any atom is -0.0691 e. The molecule has 0 spiro atoms. The summed E-state index contributed by atoms with van der Waals surface area (Å²) in [6, 6.07) is 4.84. The molecule has 1 unspecified atom stereocenters. The molecule has 0 aromatic carbocycles. The normalized spacial score (nSPS) is 14.3. The van der Waals surface area contributed by atoms with Crippen LogP contribution in [0.5, 0.6) is 0 Å². The Labute approximate surface area is 137 Å². The number of unbranched alkanes of at least 4 members (excludes halogenated alkanes) is 10. The predicted octanol–water partition coefficient (Wildman–Crippen LogP) is 8.20. The number of hydrogen-bond acceptors (Lipinski definition) is 0. The van der Waals surface area contributed by atoms with Gasteiger partial charge in [0.15, 0.2) is 0 Å².